The fourth-order valence-electron chi connectivity index (χ4n) is 0. The molecule has 0 saturated carbocycles. The molecule has 0 aromatic rings. The molecule has 30 valence electrons. The maximum Gasteiger partial charge on any atom is 1.00 e. The Morgan fingerprint density at radius 3 is 1.12 bits per heavy atom. The van der Waals surface area contributed by atoms with E-state index in [0.717, 1.165) is 0 Å². The number of hydrogen-bond donors (Lipinski definition) is 0. The van der Waals surface area contributed by atoms with Gasteiger partial charge in [-0.3, -0.25) is 0 Å². The third kappa shape index (κ3) is 25.3. The van der Waals surface area contributed by atoms with Crippen LogP contribution < -0.4 is 71.9 Å². The molecule has 4 nitrogen and oxygen atoms in total. The molecule has 0 radical (unpaired) electrons. The van der Waals surface area contributed by atoms with Gasteiger partial charge in [-0.1, -0.05) is 0 Å². The van der Waals surface area contributed by atoms with Crippen LogP contribution in [0.4, 0.5) is 0 Å². The van der Waals surface area contributed by atoms with Crippen molar-refractivity contribution in [3.8, 4) is 0 Å². The van der Waals surface area contributed by atoms with Gasteiger partial charge < -0.3 is 20.1 Å². The molecule has 0 N–H and O–H groups in total. The zero-order valence-electron chi connectivity index (χ0n) is 5.21. The monoisotopic (exact) mass is 96.0 g/mol. The first-order chi connectivity index (χ1) is 2.27. The SMILES string of the molecule is [Li+].[Li+].[Li+].[O-]OB([O-])[O-]. The largest absolute Gasteiger partial charge is 1.00 e. The summed E-state index contributed by atoms with van der Waals surface area (Å²) in [6.07, 6.45) is 0. The molecule has 0 aliphatic heterocycles. The van der Waals surface area contributed by atoms with E-state index in [-0.39, 0.29) is 56.6 Å². The summed E-state index contributed by atoms with van der Waals surface area (Å²) in [5, 5.41) is 26.1. The molecule has 0 heterocycles. The Bertz CT molecular complexity index is 25.2. The standard InChI is InChI=1S/BHO4.3Li/c2-1(3)5-4;;;/h4H;;;/q-2;3*+1/p-1. The molecule has 0 bridgehead atoms. The van der Waals surface area contributed by atoms with Crippen molar-refractivity contribution < 1.29 is 76.7 Å². The van der Waals surface area contributed by atoms with Crippen LogP contribution in [0, 0.1) is 0 Å². The molecule has 0 aliphatic rings. The molecule has 0 spiro atoms. The summed E-state index contributed by atoms with van der Waals surface area (Å²) in [7, 11) is -2.67. The Labute approximate surface area is 83.6 Å². The summed E-state index contributed by atoms with van der Waals surface area (Å²) < 4.78 is 0. The van der Waals surface area contributed by atoms with E-state index in [2.05, 4.69) is 4.81 Å². The Hall–Kier alpha value is 1.70. The fourth-order valence-corrected chi connectivity index (χ4v) is 0. The van der Waals surface area contributed by atoms with E-state index in [4.69, 9.17) is 15.3 Å². The van der Waals surface area contributed by atoms with Crippen LogP contribution in [-0.2, 0) is 4.81 Å². The molecule has 0 rings (SSSR count). The van der Waals surface area contributed by atoms with Crippen LogP contribution in [0.2, 0.25) is 0 Å². The van der Waals surface area contributed by atoms with E-state index < -0.39 is 7.32 Å². The molecular weight excluding hydrogens is 95.6 g/mol. The summed E-state index contributed by atoms with van der Waals surface area (Å²) in [6.45, 7) is 0. The summed E-state index contributed by atoms with van der Waals surface area (Å²) >= 11 is 0. The van der Waals surface area contributed by atoms with E-state index in [0.29, 0.717) is 0 Å². The molecule has 0 unspecified atom stereocenters. The average molecular weight is 95.6 g/mol. The molecule has 8 heteroatoms. The molecule has 0 fully saturated rings. The van der Waals surface area contributed by atoms with Crippen LogP contribution >= 0.6 is 0 Å². The van der Waals surface area contributed by atoms with Crippen LogP contribution in [0.5, 0.6) is 0 Å². The summed E-state index contributed by atoms with van der Waals surface area (Å²) in [4.78, 5) is 2.39. The van der Waals surface area contributed by atoms with Crippen molar-refractivity contribution in [3.05, 3.63) is 0 Å². The minimum atomic E-state index is -2.67. The van der Waals surface area contributed by atoms with Crippen LogP contribution in [0.3, 0.4) is 0 Å². The van der Waals surface area contributed by atoms with E-state index in [9.17, 15) is 0 Å². The van der Waals surface area contributed by atoms with Gasteiger partial charge in [-0.2, -0.15) is 0 Å². The van der Waals surface area contributed by atoms with E-state index in [1.165, 1.54) is 0 Å². The first kappa shape index (κ1) is 22.6. The van der Waals surface area contributed by atoms with E-state index >= 15 is 0 Å². The molecular formula is BLi3O4. The summed E-state index contributed by atoms with van der Waals surface area (Å²) in [5.74, 6) is 0. The van der Waals surface area contributed by atoms with Crippen LogP contribution in [0.25, 0.3) is 0 Å². The van der Waals surface area contributed by atoms with Gasteiger partial charge in [0.15, 0.2) is 0 Å². The molecule has 0 aromatic heterocycles. The minimum Gasteiger partial charge on any atom is -0.871 e. The van der Waals surface area contributed by atoms with Gasteiger partial charge in [-0.05, 0) is 0 Å². The Balaban J connectivity index is -0.0000000267. The van der Waals surface area contributed by atoms with Crippen molar-refractivity contribution in [2.75, 3.05) is 0 Å². The average Bonchev–Trinajstić information content (AvgIpc) is 1.38. The van der Waals surface area contributed by atoms with Gasteiger partial charge in [0, 0.05) is 7.32 Å². The van der Waals surface area contributed by atoms with Crippen molar-refractivity contribution in [3.63, 3.8) is 0 Å². The smallest absolute Gasteiger partial charge is 0.871 e. The Morgan fingerprint density at radius 1 is 1.00 bits per heavy atom. The van der Waals surface area contributed by atoms with E-state index in [1.807, 2.05) is 0 Å². The van der Waals surface area contributed by atoms with Crippen molar-refractivity contribution in [1.29, 1.82) is 0 Å². The van der Waals surface area contributed by atoms with Gasteiger partial charge in [0.05, 0.1) is 0 Å². The predicted octanol–water partition coefficient (Wildman–Crippen LogP) is -13.0. The minimum absolute atomic E-state index is 0. The molecule has 0 aliphatic carbocycles. The quantitative estimate of drug-likeness (QED) is 0.184. The maximum absolute atomic E-state index is 8.81. The first-order valence-corrected chi connectivity index (χ1v) is 0.874. The van der Waals surface area contributed by atoms with Crippen LogP contribution in [0.1, 0.15) is 0 Å². The van der Waals surface area contributed by atoms with Crippen molar-refractivity contribution in [2.24, 2.45) is 0 Å². The van der Waals surface area contributed by atoms with Crippen molar-refractivity contribution in [2.45, 2.75) is 0 Å². The number of hydrogen-bond acceptors (Lipinski definition) is 4. The third-order valence-corrected chi connectivity index (χ3v) is 0.0786. The van der Waals surface area contributed by atoms with Gasteiger partial charge in [0.1, 0.15) is 0 Å². The normalized spacial score (nSPS) is 4.88. The van der Waals surface area contributed by atoms with Crippen molar-refractivity contribution >= 4 is 7.32 Å². The maximum atomic E-state index is 8.81. The Kier molecular flexibility index (Phi) is 44.8. The molecule has 0 aromatic carbocycles. The zero-order valence-corrected chi connectivity index (χ0v) is 5.21. The third-order valence-electron chi connectivity index (χ3n) is 0.0786. The van der Waals surface area contributed by atoms with Gasteiger partial charge >= 0.3 is 56.6 Å². The zero-order chi connectivity index (χ0) is 4.28. The Morgan fingerprint density at radius 2 is 1.12 bits per heavy atom. The second kappa shape index (κ2) is 15.9. The second-order valence-electron chi connectivity index (χ2n) is 0.385. The van der Waals surface area contributed by atoms with Crippen LogP contribution in [-0.4, -0.2) is 7.32 Å². The van der Waals surface area contributed by atoms with Crippen LogP contribution in [0.15, 0.2) is 0 Å². The molecule has 0 atom stereocenters. The van der Waals surface area contributed by atoms with Gasteiger partial charge in [0.2, 0.25) is 0 Å². The summed E-state index contributed by atoms with van der Waals surface area (Å²) in [6, 6.07) is 0. The van der Waals surface area contributed by atoms with E-state index in [1.54, 1.807) is 0 Å². The van der Waals surface area contributed by atoms with Gasteiger partial charge in [0.25, 0.3) is 0 Å². The predicted molar refractivity (Wildman–Crippen MR) is 6.84 cm³/mol. The second-order valence-corrected chi connectivity index (χ2v) is 0.385. The number of rotatable bonds is 1. The van der Waals surface area contributed by atoms with Gasteiger partial charge in [-0.15, -0.1) is 0 Å². The van der Waals surface area contributed by atoms with Crippen molar-refractivity contribution in [1.82, 2.24) is 0 Å². The molecule has 0 amide bonds. The van der Waals surface area contributed by atoms with Gasteiger partial charge in [-0.25, -0.2) is 0 Å². The molecule has 0 saturated heterocycles. The summed E-state index contributed by atoms with van der Waals surface area (Å²) in [5.41, 5.74) is 0. The first-order valence-electron chi connectivity index (χ1n) is 0.874. The topological polar surface area (TPSA) is 78.4 Å². The fraction of sp³-hybridized carbons (Fsp3) is 0. The molecule has 8 heavy (non-hydrogen) atoms.